The summed E-state index contributed by atoms with van der Waals surface area (Å²) in [7, 11) is 0. The van der Waals surface area contributed by atoms with Crippen LogP contribution in [0.15, 0.2) is 18.2 Å². The molecule has 2 rings (SSSR count). The van der Waals surface area contributed by atoms with Crippen molar-refractivity contribution in [2.24, 2.45) is 5.92 Å². The zero-order valence-corrected chi connectivity index (χ0v) is 13.1. The molecule has 1 heterocycles. The Bertz CT molecular complexity index is 540. The first kappa shape index (κ1) is 16.6. The minimum absolute atomic E-state index is 0.106. The largest absolute Gasteiger partial charge is 0.466 e. The Morgan fingerprint density at radius 3 is 2.45 bits per heavy atom. The second kappa shape index (κ2) is 7.49. The van der Waals surface area contributed by atoms with E-state index in [1.54, 1.807) is 6.92 Å². The quantitative estimate of drug-likeness (QED) is 0.682. The van der Waals surface area contributed by atoms with Crippen molar-refractivity contribution >= 4 is 29.0 Å². The Morgan fingerprint density at radius 2 is 1.91 bits per heavy atom. The summed E-state index contributed by atoms with van der Waals surface area (Å²) in [4.78, 5) is 13.6. The van der Waals surface area contributed by atoms with E-state index in [9.17, 15) is 13.6 Å². The summed E-state index contributed by atoms with van der Waals surface area (Å²) in [6.45, 7) is 3.37. The fraction of sp³-hybridized carbons (Fsp3) is 0.467. The van der Waals surface area contributed by atoms with Gasteiger partial charge in [0, 0.05) is 24.8 Å². The van der Waals surface area contributed by atoms with Crippen molar-refractivity contribution < 1.29 is 18.3 Å². The Labute approximate surface area is 133 Å². The van der Waals surface area contributed by atoms with Crippen LogP contribution < -0.4 is 5.32 Å². The number of carbonyl (C=O) groups excluding carboxylic acids is 1. The van der Waals surface area contributed by atoms with Crippen LogP contribution in [0.1, 0.15) is 19.8 Å². The normalized spacial score (nSPS) is 15.5. The number of benzene rings is 1. The maximum atomic E-state index is 13.1. The summed E-state index contributed by atoms with van der Waals surface area (Å²) in [5.74, 6) is -1.60. The predicted octanol–water partition coefficient (Wildman–Crippen LogP) is 2.94. The van der Waals surface area contributed by atoms with Gasteiger partial charge in [0.1, 0.15) is 11.6 Å². The van der Waals surface area contributed by atoms with Gasteiger partial charge in [0.25, 0.3) is 0 Å². The molecule has 1 N–H and O–H groups in total. The van der Waals surface area contributed by atoms with Crippen molar-refractivity contribution in [1.82, 2.24) is 4.90 Å². The van der Waals surface area contributed by atoms with E-state index in [0.717, 1.165) is 6.07 Å². The molecule has 0 atom stereocenters. The van der Waals surface area contributed by atoms with Gasteiger partial charge in [-0.25, -0.2) is 8.78 Å². The molecule has 0 amide bonds. The van der Waals surface area contributed by atoms with E-state index in [2.05, 4.69) is 5.32 Å². The molecule has 120 valence electrons. The number of likely N-dealkylation sites (tertiary alicyclic amines) is 1. The number of piperidine rings is 1. The molecule has 22 heavy (non-hydrogen) atoms. The minimum atomic E-state index is -0.661. The fourth-order valence-electron chi connectivity index (χ4n) is 2.41. The number of carbonyl (C=O) groups is 1. The van der Waals surface area contributed by atoms with Crippen LogP contribution in [0.3, 0.4) is 0 Å². The number of anilines is 1. The zero-order valence-electron chi connectivity index (χ0n) is 12.3. The van der Waals surface area contributed by atoms with Crippen LogP contribution in [-0.2, 0) is 9.53 Å². The van der Waals surface area contributed by atoms with E-state index in [-0.39, 0.29) is 17.6 Å². The van der Waals surface area contributed by atoms with Crippen molar-refractivity contribution in [2.75, 3.05) is 25.0 Å². The van der Waals surface area contributed by atoms with Gasteiger partial charge in [0.15, 0.2) is 5.11 Å². The molecule has 1 aliphatic heterocycles. The molecule has 0 unspecified atom stereocenters. The summed E-state index contributed by atoms with van der Waals surface area (Å²) < 4.78 is 31.3. The van der Waals surface area contributed by atoms with Crippen LogP contribution in [0.2, 0.25) is 0 Å². The van der Waals surface area contributed by atoms with Gasteiger partial charge in [-0.1, -0.05) is 0 Å². The Kier molecular flexibility index (Phi) is 5.65. The first-order chi connectivity index (χ1) is 10.5. The van der Waals surface area contributed by atoms with Gasteiger partial charge in [-0.15, -0.1) is 0 Å². The molecular weight excluding hydrogens is 310 g/mol. The lowest BCUT2D eigenvalue weighted by molar-refractivity contribution is -0.149. The monoisotopic (exact) mass is 328 g/mol. The first-order valence-corrected chi connectivity index (χ1v) is 7.59. The van der Waals surface area contributed by atoms with Crippen molar-refractivity contribution in [3.05, 3.63) is 29.8 Å². The van der Waals surface area contributed by atoms with Gasteiger partial charge >= 0.3 is 5.97 Å². The molecule has 0 aliphatic carbocycles. The summed E-state index contributed by atoms with van der Waals surface area (Å²) in [5, 5.41) is 3.22. The lowest BCUT2D eigenvalue weighted by Crippen LogP contribution is -2.42. The fourth-order valence-corrected chi connectivity index (χ4v) is 2.71. The summed E-state index contributed by atoms with van der Waals surface area (Å²) in [6.07, 6.45) is 1.30. The third-order valence-electron chi connectivity index (χ3n) is 3.52. The molecule has 0 radical (unpaired) electrons. The Morgan fingerprint density at radius 1 is 1.32 bits per heavy atom. The average Bonchev–Trinajstić information content (AvgIpc) is 2.46. The van der Waals surface area contributed by atoms with Crippen LogP contribution in [0.4, 0.5) is 14.5 Å². The molecule has 1 saturated heterocycles. The van der Waals surface area contributed by atoms with Gasteiger partial charge in [0.05, 0.1) is 12.5 Å². The second-order valence-corrected chi connectivity index (χ2v) is 5.49. The number of nitrogens with zero attached hydrogens (tertiary/aromatic N) is 1. The van der Waals surface area contributed by atoms with Crippen LogP contribution in [0, 0.1) is 17.6 Å². The van der Waals surface area contributed by atoms with Gasteiger partial charge in [0.2, 0.25) is 0 Å². The zero-order chi connectivity index (χ0) is 16.1. The summed E-state index contributed by atoms with van der Waals surface area (Å²) in [5.41, 5.74) is 0.273. The van der Waals surface area contributed by atoms with E-state index >= 15 is 0 Å². The SMILES string of the molecule is CCOC(=O)C1CCN(C(=S)Nc2cc(F)cc(F)c2)CC1. The number of rotatable bonds is 3. The molecule has 1 aromatic carbocycles. The highest BCUT2D eigenvalue weighted by molar-refractivity contribution is 7.80. The van der Waals surface area contributed by atoms with Gasteiger partial charge in [-0.2, -0.15) is 0 Å². The van der Waals surface area contributed by atoms with E-state index in [1.807, 2.05) is 4.90 Å². The third-order valence-corrected chi connectivity index (χ3v) is 3.88. The van der Waals surface area contributed by atoms with Crippen molar-refractivity contribution in [3.63, 3.8) is 0 Å². The number of esters is 1. The molecule has 1 fully saturated rings. The smallest absolute Gasteiger partial charge is 0.309 e. The third kappa shape index (κ3) is 4.37. The van der Waals surface area contributed by atoms with E-state index < -0.39 is 11.6 Å². The van der Waals surface area contributed by atoms with Crippen molar-refractivity contribution in [2.45, 2.75) is 19.8 Å². The first-order valence-electron chi connectivity index (χ1n) is 7.18. The van der Waals surface area contributed by atoms with Crippen LogP contribution in [-0.4, -0.2) is 35.7 Å². The molecule has 0 spiro atoms. The highest BCUT2D eigenvalue weighted by Gasteiger charge is 2.27. The number of hydrogen-bond acceptors (Lipinski definition) is 3. The maximum Gasteiger partial charge on any atom is 0.309 e. The number of halogens is 2. The molecule has 1 aromatic rings. The molecule has 7 heteroatoms. The highest BCUT2D eigenvalue weighted by atomic mass is 32.1. The lowest BCUT2D eigenvalue weighted by atomic mass is 9.97. The van der Waals surface area contributed by atoms with Gasteiger partial charge in [-0.05, 0) is 44.1 Å². The molecule has 1 aliphatic rings. The Hall–Kier alpha value is -1.76. The van der Waals surface area contributed by atoms with E-state index in [4.69, 9.17) is 17.0 Å². The van der Waals surface area contributed by atoms with Gasteiger partial charge < -0.3 is 15.0 Å². The van der Waals surface area contributed by atoms with Crippen LogP contribution >= 0.6 is 12.2 Å². The predicted molar refractivity (Wildman–Crippen MR) is 83.5 cm³/mol. The van der Waals surface area contributed by atoms with E-state index in [0.29, 0.717) is 37.7 Å². The molecular formula is C15H18F2N2O2S. The van der Waals surface area contributed by atoms with Crippen LogP contribution in [0.25, 0.3) is 0 Å². The standard InChI is InChI=1S/C15H18F2N2O2S/c1-2-21-14(20)10-3-5-19(6-4-10)15(22)18-13-8-11(16)7-12(17)9-13/h7-10H,2-6H2,1H3,(H,18,22). The summed E-state index contributed by atoms with van der Waals surface area (Å²) in [6, 6.07) is 3.17. The average molecular weight is 328 g/mol. The minimum Gasteiger partial charge on any atom is -0.466 e. The van der Waals surface area contributed by atoms with E-state index in [1.165, 1.54) is 12.1 Å². The van der Waals surface area contributed by atoms with Crippen molar-refractivity contribution in [3.8, 4) is 0 Å². The Balaban J connectivity index is 1.88. The van der Waals surface area contributed by atoms with Gasteiger partial charge in [-0.3, -0.25) is 4.79 Å². The molecule has 4 nitrogen and oxygen atoms in total. The lowest BCUT2D eigenvalue weighted by Gasteiger charge is -2.32. The highest BCUT2D eigenvalue weighted by Crippen LogP contribution is 2.20. The molecule has 0 saturated carbocycles. The topological polar surface area (TPSA) is 41.6 Å². The van der Waals surface area contributed by atoms with Crippen molar-refractivity contribution in [1.29, 1.82) is 0 Å². The maximum absolute atomic E-state index is 13.1. The molecule has 0 bridgehead atoms. The number of nitrogens with one attached hydrogen (secondary N) is 1. The van der Waals surface area contributed by atoms with Crippen LogP contribution in [0.5, 0.6) is 0 Å². The number of ether oxygens (including phenoxy) is 1. The number of thiocarbonyl (C=S) groups is 1. The molecule has 0 aromatic heterocycles. The summed E-state index contributed by atoms with van der Waals surface area (Å²) >= 11 is 5.25. The number of hydrogen-bond donors (Lipinski definition) is 1. The second-order valence-electron chi connectivity index (χ2n) is 5.10.